The summed E-state index contributed by atoms with van der Waals surface area (Å²) in [5.74, 6) is 0.978. The Labute approximate surface area is 120 Å². The lowest BCUT2D eigenvalue weighted by Gasteiger charge is -2.30. The summed E-state index contributed by atoms with van der Waals surface area (Å²) in [6.45, 7) is 8.75. The van der Waals surface area contributed by atoms with Crippen LogP contribution in [0.3, 0.4) is 0 Å². The lowest BCUT2D eigenvalue weighted by atomic mass is 9.99. The number of hydrogen-bond donors (Lipinski definition) is 1. The number of nitrogens with zero attached hydrogens (tertiary/aromatic N) is 1. The maximum atomic E-state index is 9.06. The zero-order valence-electron chi connectivity index (χ0n) is 13.3. The van der Waals surface area contributed by atoms with Crippen LogP contribution in [0.2, 0.25) is 0 Å². The minimum atomic E-state index is 0.625. The molecular weight excluding hydrogens is 236 g/mol. The van der Waals surface area contributed by atoms with Gasteiger partial charge >= 0.3 is 0 Å². The van der Waals surface area contributed by atoms with Crippen LogP contribution in [0.4, 0.5) is 0 Å². The number of likely N-dealkylation sites (tertiary alicyclic amines) is 1. The number of nitrogens with one attached hydrogen (secondary N) is 1. The molecule has 3 heteroatoms. The predicted molar refractivity (Wildman–Crippen MR) is 83.3 cm³/mol. The first-order chi connectivity index (χ1) is 9.24. The van der Waals surface area contributed by atoms with Crippen LogP contribution >= 0.6 is 0 Å². The number of amides is 1. The molecule has 0 radical (unpaired) electrons. The van der Waals surface area contributed by atoms with Gasteiger partial charge in [-0.1, -0.05) is 46.0 Å². The van der Waals surface area contributed by atoms with Gasteiger partial charge in [0.15, 0.2) is 0 Å². The minimum Gasteiger partial charge on any atom is -0.362 e. The molecule has 1 aliphatic heterocycles. The third-order valence-corrected chi connectivity index (χ3v) is 3.82. The number of piperidine rings is 1. The van der Waals surface area contributed by atoms with Crippen molar-refractivity contribution in [2.24, 2.45) is 5.92 Å². The molecule has 0 aliphatic carbocycles. The van der Waals surface area contributed by atoms with Gasteiger partial charge in [0.25, 0.3) is 0 Å². The van der Waals surface area contributed by atoms with Crippen molar-refractivity contribution in [3.8, 4) is 0 Å². The van der Waals surface area contributed by atoms with Gasteiger partial charge in [-0.15, -0.1) is 0 Å². The molecular formula is C16H34N2O. The SMILES string of the molecule is CCCCCCCCN1CCC(C)CC1.CNC=O. The van der Waals surface area contributed by atoms with Crippen molar-refractivity contribution in [2.75, 3.05) is 26.7 Å². The highest BCUT2D eigenvalue weighted by Crippen LogP contribution is 2.16. The highest BCUT2D eigenvalue weighted by atomic mass is 16.1. The van der Waals surface area contributed by atoms with Gasteiger partial charge in [0.2, 0.25) is 6.41 Å². The highest BCUT2D eigenvalue weighted by molar-refractivity contribution is 5.44. The van der Waals surface area contributed by atoms with E-state index in [1.807, 2.05) is 0 Å². The largest absolute Gasteiger partial charge is 0.362 e. The van der Waals surface area contributed by atoms with E-state index in [2.05, 4.69) is 24.1 Å². The third kappa shape index (κ3) is 12.2. The molecule has 0 saturated carbocycles. The molecule has 1 heterocycles. The second-order valence-corrected chi connectivity index (χ2v) is 5.70. The number of carbonyl (C=O) groups excluding carboxylic acids is 1. The maximum Gasteiger partial charge on any atom is 0.206 e. The standard InChI is InChI=1S/C14H29N.C2H5NO/c1-3-4-5-6-7-8-11-15-12-9-14(2)10-13-15;1-3-2-4/h14H,3-13H2,1-2H3;2H,1H3,(H,3,4). The van der Waals surface area contributed by atoms with E-state index in [0.717, 1.165) is 5.92 Å². The molecule has 1 amide bonds. The van der Waals surface area contributed by atoms with Gasteiger partial charge in [-0.3, -0.25) is 4.79 Å². The fourth-order valence-corrected chi connectivity index (χ4v) is 2.40. The number of rotatable bonds is 8. The summed E-state index contributed by atoms with van der Waals surface area (Å²) in [6.07, 6.45) is 12.1. The molecule has 19 heavy (non-hydrogen) atoms. The van der Waals surface area contributed by atoms with Gasteiger partial charge < -0.3 is 10.2 Å². The summed E-state index contributed by atoms with van der Waals surface area (Å²) in [4.78, 5) is 11.7. The lowest BCUT2D eigenvalue weighted by Crippen LogP contribution is -2.33. The summed E-state index contributed by atoms with van der Waals surface area (Å²) in [7, 11) is 1.56. The molecule has 0 aromatic rings. The fraction of sp³-hybridized carbons (Fsp3) is 0.938. The van der Waals surface area contributed by atoms with Crippen LogP contribution in [0.5, 0.6) is 0 Å². The normalized spacial score (nSPS) is 16.6. The van der Waals surface area contributed by atoms with Gasteiger partial charge in [-0.05, 0) is 44.8 Å². The number of carbonyl (C=O) groups is 1. The molecule has 114 valence electrons. The number of hydrogen-bond acceptors (Lipinski definition) is 2. The van der Waals surface area contributed by atoms with Gasteiger partial charge in [-0.2, -0.15) is 0 Å². The quantitative estimate of drug-likeness (QED) is 0.541. The Morgan fingerprint density at radius 2 is 1.63 bits per heavy atom. The van der Waals surface area contributed by atoms with E-state index in [0.29, 0.717) is 6.41 Å². The van der Waals surface area contributed by atoms with Crippen LogP contribution in [0.15, 0.2) is 0 Å². The molecule has 0 bridgehead atoms. The summed E-state index contributed by atoms with van der Waals surface area (Å²) in [6, 6.07) is 0. The van der Waals surface area contributed by atoms with Crippen molar-refractivity contribution in [1.82, 2.24) is 10.2 Å². The molecule has 0 unspecified atom stereocenters. The van der Waals surface area contributed by atoms with E-state index < -0.39 is 0 Å². The summed E-state index contributed by atoms with van der Waals surface area (Å²) < 4.78 is 0. The molecule has 0 spiro atoms. The molecule has 0 aromatic carbocycles. The molecule has 1 fully saturated rings. The average Bonchev–Trinajstić information content (AvgIpc) is 2.45. The molecule has 1 rings (SSSR count). The van der Waals surface area contributed by atoms with Crippen molar-refractivity contribution in [3.05, 3.63) is 0 Å². The lowest BCUT2D eigenvalue weighted by molar-refractivity contribution is -0.109. The van der Waals surface area contributed by atoms with Gasteiger partial charge in [0, 0.05) is 7.05 Å². The summed E-state index contributed by atoms with van der Waals surface area (Å²) >= 11 is 0. The Kier molecular flexibility index (Phi) is 13.4. The average molecular weight is 270 g/mol. The fourth-order valence-electron chi connectivity index (χ4n) is 2.40. The minimum absolute atomic E-state index is 0.625. The number of unbranched alkanes of at least 4 members (excludes halogenated alkanes) is 5. The monoisotopic (exact) mass is 270 g/mol. The molecule has 0 atom stereocenters. The van der Waals surface area contributed by atoms with Gasteiger partial charge in [0.05, 0.1) is 0 Å². The zero-order valence-corrected chi connectivity index (χ0v) is 13.3. The Hall–Kier alpha value is -0.570. The summed E-state index contributed by atoms with van der Waals surface area (Å²) in [5, 5.41) is 2.25. The second-order valence-electron chi connectivity index (χ2n) is 5.70. The molecule has 1 N–H and O–H groups in total. The smallest absolute Gasteiger partial charge is 0.206 e. The van der Waals surface area contributed by atoms with E-state index in [-0.39, 0.29) is 0 Å². The van der Waals surface area contributed by atoms with Crippen molar-refractivity contribution in [3.63, 3.8) is 0 Å². The molecule has 0 aromatic heterocycles. The van der Waals surface area contributed by atoms with E-state index in [1.54, 1.807) is 7.05 Å². The first-order valence-electron chi connectivity index (χ1n) is 8.07. The highest BCUT2D eigenvalue weighted by Gasteiger charge is 2.14. The first-order valence-corrected chi connectivity index (χ1v) is 8.07. The van der Waals surface area contributed by atoms with Crippen LogP contribution in [0.25, 0.3) is 0 Å². The first kappa shape index (κ1) is 18.4. The third-order valence-electron chi connectivity index (χ3n) is 3.82. The van der Waals surface area contributed by atoms with Crippen LogP contribution < -0.4 is 5.32 Å². The van der Waals surface area contributed by atoms with E-state index in [1.165, 1.54) is 71.0 Å². The Morgan fingerprint density at radius 1 is 1.11 bits per heavy atom. The van der Waals surface area contributed by atoms with Crippen LogP contribution in [0.1, 0.15) is 65.2 Å². The van der Waals surface area contributed by atoms with Crippen molar-refractivity contribution in [2.45, 2.75) is 65.2 Å². The summed E-state index contributed by atoms with van der Waals surface area (Å²) in [5.41, 5.74) is 0. The molecule has 1 saturated heterocycles. The molecule has 3 nitrogen and oxygen atoms in total. The van der Waals surface area contributed by atoms with Crippen molar-refractivity contribution in [1.29, 1.82) is 0 Å². The van der Waals surface area contributed by atoms with Crippen LogP contribution in [0, 0.1) is 5.92 Å². The predicted octanol–water partition coefficient (Wildman–Crippen LogP) is 3.44. The van der Waals surface area contributed by atoms with E-state index in [4.69, 9.17) is 4.79 Å². The zero-order chi connectivity index (χ0) is 14.3. The Morgan fingerprint density at radius 3 is 2.16 bits per heavy atom. The van der Waals surface area contributed by atoms with Crippen LogP contribution in [-0.2, 0) is 4.79 Å². The van der Waals surface area contributed by atoms with E-state index in [9.17, 15) is 0 Å². The van der Waals surface area contributed by atoms with Crippen LogP contribution in [-0.4, -0.2) is 38.0 Å². The van der Waals surface area contributed by atoms with Crippen molar-refractivity contribution < 1.29 is 4.79 Å². The Bertz CT molecular complexity index is 189. The van der Waals surface area contributed by atoms with Crippen molar-refractivity contribution >= 4 is 6.41 Å². The maximum absolute atomic E-state index is 9.06. The Balaban J connectivity index is 0.000000711. The van der Waals surface area contributed by atoms with E-state index >= 15 is 0 Å². The van der Waals surface area contributed by atoms with Gasteiger partial charge in [-0.25, -0.2) is 0 Å². The van der Waals surface area contributed by atoms with Gasteiger partial charge in [0.1, 0.15) is 0 Å². The molecule has 1 aliphatic rings. The second kappa shape index (κ2) is 13.9. The topological polar surface area (TPSA) is 32.3 Å².